The van der Waals surface area contributed by atoms with Gasteiger partial charge in [-0.3, -0.25) is 4.79 Å². The molecule has 0 bridgehead atoms. The van der Waals surface area contributed by atoms with Crippen LogP contribution in [0.3, 0.4) is 0 Å². The number of furan rings is 1. The Morgan fingerprint density at radius 1 is 1.11 bits per heavy atom. The summed E-state index contributed by atoms with van der Waals surface area (Å²) >= 11 is 0. The Morgan fingerprint density at radius 3 is 2.44 bits per heavy atom. The van der Waals surface area contributed by atoms with Crippen LogP contribution >= 0.6 is 0 Å². The van der Waals surface area contributed by atoms with Gasteiger partial charge in [-0.05, 0) is 44.0 Å². The number of carbonyl (C=O) groups excluding carboxylic acids is 2. The minimum absolute atomic E-state index is 0.0965. The Balaban J connectivity index is 1.78. The summed E-state index contributed by atoms with van der Waals surface area (Å²) in [6.45, 7) is 5.39. The van der Waals surface area contributed by atoms with Gasteiger partial charge < -0.3 is 13.9 Å². The number of ketones is 1. The highest BCUT2D eigenvalue weighted by molar-refractivity contribution is 6.02. The van der Waals surface area contributed by atoms with Gasteiger partial charge in [0.05, 0.1) is 7.11 Å². The maximum atomic E-state index is 12.5. The molecule has 0 unspecified atom stereocenters. The van der Waals surface area contributed by atoms with Crippen molar-refractivity contribution in [2.75, 3.05) is 7.11 Å². The topological polar surface area (TPSA) is 65.7 Å². The van der Waals surface area contributed by atoms with Gasteiger partial charge in [0.2, 0.25) is 11.5 Å². The molecule has 3 rings (SSSR count). The first-order valence-electron chi connectivity index (χ1n) is 8.85. The lowest BCUT2D eigenvalue weighted by atomic mass is 10.0. The summed E-state index contributed by atoms with van der Waals surface area (Å²) in [5.74, 6) is -0.139. The van der Waals surface area contributed by atoms with Crippen LogP contribution in [0.4, 0.5) is 0 Å². The molecule has 5 nitrogen and oxygen atoms in total. The molecular weight excluding hydrogens is 344 g/mol. The van der Waals surface area contributed by atoms with Crippen LogP contribution in [0.25, 0.3) is 11.0 Å². The van der Waals surface area contributed by atoms with Gasteiger partial charge in [-0.2, -0.15) is 0 Å². The van der Waals surface area contributed by atoms with Crippen LogP contribution in [0.15, 0.2) is 46.9 Å². The van der Waals surface area contributed by atoms with E-state index in [-0.39, 0.29) is 11.5 Å². The zero-order valence-corrected chi connectivity index (χ0v) is 15.9. The quantitative estimate of drug-likeness (QED) is 0.466. The third-order valence-corrected chi connectivity index (χ3v) is 4.63. The number of aryl methyl sites for hydroxylation is 2. The number of rotatable bonds is 6. The molecule has 0 aliphatic heterocycles. The number of hydrogen-bond donors (Lipinski definition) is 0. The van der Waals surface area contributed by atoms with Crippen LogP contribution in [0.1, 0.15) is 45.9 Å². The van der Waals surface area contributed by atoms with Crippen molar-refractivity contribution in [2.24, 2.45) is 0 Å². The monoisotopic (exact) mass is 366 g/mol. The Morgan fingerprint density at radius 2 is 1.81 bits per heavy atom. The van der Waals surface area contributed by atoms with Gasteiger partial charge in [-0.15, -0.1) is 0 Å². The zero-order chi connectivity index (χ0) is 19.6. The van der Waals surface area contributed by atoms with Gasteiger partial charge in [0.1, 0.15) is 11.3 Å². The van der Waals surface area contributed by atoms with Crippen LogP contribution in [-0.2, 0) is 11.2 Å². The summed E-state index contributed by atoms with van der Waals surface area (Å²) in [7, 11) is 1.58. The molecule has 140 valence electrons. The Labute approximate surface area is 157 Å². The number of benzene rings is 2. The fourth-order valence-electron chi connectivity index (χ4n) is 2.93. The van der Waals surface area contributed by atoms with E-state index in [0.717, 1.165) is 17.4 Å². The van der Waals surface area contributed by atoms with E-state index in [1.807, 2.05) is 19.1 Å². The van der Waals surface area contributed by atoms with Crippen molar-refractivity contribution in [3.05, 3.63) is 64.9 Å². The molecule has 0 radical (unpaired) electrons. The molecule has 0 N–H and O–H groups in total. The van der Waals surface area contributed by atoms with E-state index in [1.54, 1.807) is 51.3 Å². The van der Waals surface area contributed by atoms with Crippen molar-refractivity contribution in [1.29, 1.82) is 0 Å². The number of esters is 1. The highest BCUT2D eigenvalue weighted by atomic mass is 16.6. The van der Waals surface area contributed by atoms with E-state index >= 15 is 0 Å². The van der Waals surface area contributed by atoms with Gasteiger partial charge in [-0.1, -0.05) is 31.2 Å². The predicted molar refractivity (Wildman–Crippen MR) is 103 cm³/mol. The summed E-state index contributed by atoms with van der Waals surface area (Å²) in [6, 6.07) is 12.6. The first kappa shape index (κ1) is 18.7. The van der Waals surface area contributed by atoms with Crippen LogP contribution in [-0.4, -0.2) is 25.0 Å². The van der Waals surface area contributed by atoms with Crippen molar-refractivity contribution in [2.45, 2.75) is 33.3 Å². The van der Waals surface area contributed by atoms with Gasteiger partial charge >= 0.3 is 5.97 Å². The Hall–Kier alpha value is -3.08. The first-order valence-corrected chi connectivity index (χ1v) is 8.85. The molecule has 0 fully saturated rings. The molecule has 0 saturated carbocycles. The third kappa shape index (κ3) is 3.72. The maximum absolute atomic E-state index is 12.5. The van der Waals surface area contributed by atoms with Crippen LogP contribution in [0.5, 0.6) is 5.75 Å². The molecule has 0 spiro atoms. The lowest BCUT2D eigenvalue weighted by molar-refractivity contribution is 0.0290. The Kier molecular flexibility index (Phi) is 5.31. The summed E-state index contributed by atoms with van der Waals surface area (Å²) in [4.78, 5) is 25.1. The summed E-state index contributed by atoms with van der Waals surface area (Å²) in [5, 5.41) is 0.774. The largest absolute Gasteiger partial charge is 0.497 e. The standard InChI is InChI=1S/C22H22O5/c1-5-15-6-8-16(9-7-15)20(23)14(3)26-22(24)21-13(2)18-12-17(25-4)10-11-19(18)27-21/h6-12,14H,5H2,1-4H3/t14-/m0/s1. The minimum atomic E-state index is -0.910. The highest BCUT2D eigenvalue weighted by Gasteiger charge is 2.25. The van der Waals surface area contributed by atoms with Crippen molar-refractivity contribution in [1.82, 2.24) is 0 Å². The van der Waals surface area contributed by atoms with E-state index in [9.17, 15) is 9.59 Å². The summed E-state index contributed by atoms with van der Waals surface area (Å²) < 4.78 is 16.2. The van der Waals surface area contributed by atoms with Gasteiger partial charge in [-0.25, -0.2) is 4.79 Å². The molecule has 0 amide bonds. The number of methoxy groups -OCH3 is 1. The second-order valence-corrected chi connectivity index (χ2v) is 6.38. The van der Waals surface area contributed by atoms with Gasteiger partial charge in [0.25, 0.3) is 0 Å². The minimum Gasteiger partial charge on any atom is -0.497 e. The second-order valence-electron chi connectivity index (χ2n) is 6.38. The van der Waals surface area contributed by atoms with Gasteiger partial charge in [0, 0.05) is 16.5 Å². The predicted octanol–water partition coefficient (Wildman–Crippen LogP) is 4.74. The van der Waals surface area contributed by atoms with Crippen LogP contribution in [0.2, 0.25) is 0 Å². The molecule has 0 aliphatic carbocycles. The maximum Gasteiger partial charge on any atom is 0.375 e. The number of ether oxygens (including phenoxy) is 2. The average molecular weight is 366 g/mol. The van der Waals surface area contributed by atoms with Crippen LogP contribution < -0.4 is 4.74 Å². The van der Waals surface area contributed by atoms with E-state index in [2.05, 4.69) is 0 Å². The lowest BCUT2D eigenvalue weighted by Crippen LogP contribution is -2.24. The molecule has 0 aliphatic rings. The third-order valence-electron chi connectivity index (χ3n) is 4.63. The number of carbonyl (C=O) groups is 2. The lowest BCUT2D eigenvalue weighted by Gasteiger charge is -2.12. The molecule has 1 heterocycles. The second kappa shape index (κ2) is 7.66. The van der Waals surface area contributed by atoms with E-state index < -0.39 is 12.1 Å². The normalized spacial score (nSPS) is 12.0. The molecule has 5 heteroatoms. The molecule has 1 atom stereocenters. The average Bonchev–Trinajstić information content (AvgIpc) is 3.03. The highest BCUT2D eigenvalue weighted by Crippen LogP contribution is 2.29. The first-order chi connectivity index (χ1) is 12.9. The van der Waals surface area contributed by atoms with E-state index in [0.29, 0.717) is 22.5 Å². The molecule has 3 aromatic rings. The van der Waals surface area contributed by atoms with E-state index in [4.69, 9.17) is 13.9 Å². The molecular formula is C22H22O5. The van der Waals surface area contributed by atoms with Crippen molar-refractivity contribution in [3.63, 3.8) is 0 Å². The van der Waals surface area contributed by atoms with E-state index in [1.165, 1.54) is 0 Å². The molecule has 27 heavy (non-hydrogen) atoms. The van der Waals surface area contributed by atoms with Gasteiger partial charge in [0.15, 0.2) is 6.10 Å². The SMILES string of the molecule is CCc1ccc(C(=O)[C@H](C)OC(=O)c2oc3ccc(OC)cc3c2C)cc1. The summed E-state index contributed by atoms with van der Waals surface area (Å²) in [5.41, 5.74) is 2.87. The van der Waals surface area contributed by atoms with Crippen molar-refractivity contribution >= 4 is 22.7 Å². The molecule has 2 aromatic carbocycles. The molecule has 0 saturated heterocycles. The number of fused-ring (bicyclic) bond motifs is 1. The number of Topliss-reactive ketones (excluding diaryl/α,β-unsaturated/α-hetero) is 1. The Bertz CT molecular complexity index is 982. The zero-order valence-electron chi connectivity index (χ0n) is 15.9. The fourth-order valence-corrected chi connectivity index (χ4v) is 2.93. The number of hydrogen-bond acceptors (Lipinski definition) is 5. The van der Waals surface area contributed by atoms with Crippen molar-refractivity contribution < 1.29 is 23.5 Å². The van der Waals surface area contributed by atoms with Crippen LogP contribution in [0, 0.1) is 6.92 Å². The summed E-state index contributed by atoms with van der Waals surface area (Å²) in [6.07, 6.45) is -0.0121. The smallest absolute Gasteiger partial charge is 0.375 e. The fraction of sp³-hybridized carbons (Fsp3) is 0.273. The van der Waals surface area contributed by atoms with Crippen molar-refractivity contribution in [3.8, 4) is 5.75 Å². The molecule has 1 aromatic heterocycles.